The van der Waals surface area contributed by atoms with Gasteiger partial charge in [0.05, 0.1) is 5.70 Å². The van der Waals surface area contributed by atoms with Gasteiger partial charge in [-0.05, 0) is 67.9 Å². The second-order valence-corrected chi connectivity index (χ2v) is 9.66. The summed E-state index contributed by atoms with van der Waals surface area (Å²) in [5.74, 6) is 0.0807. The van der Waals surface area contributed by atoms with E-state index in [0.29, 0.717) is 41.4 Å². The highest BCUT2D eigenvalue weighted by atomic mass is 35.5. The molecule has 12 nitrogen and oxygen atoms in total. The molecule has 41 heavy (non-hydrogen) atoms. The minimum Gasteiger partial charge on any atom is -0.382 e. The topological polar surface area (TPSA) is 155 Å². The van der Waals surface area contributed by atoms with Crippen LogP contribution in [-0.4, -0.2) is 73.5 Å². The van der Waals surface area contributed by atoms with Crippen molar-refractivity contribution in [3.05, 3.63) is 95.1 Å². The van der Waals surface area contributed by atoms with Crippen LogP contribution in [0.3, 0.4) is 0 Å². The van der Waals surface area contributed by atoms with E-state index >= 15 is 0 Å². The fraction of sp³-hybridized carbons (Fsp3) is 0.214. The molecule has 0 aliphatic carbocycles. The monoisotopic (exact) mass is 570 g/mol. The molecule has 13 heteroatoms. The average Bonchev–Trinajstić information content (AvgIpc) is 2.99. The van der Waals surface area contributed by atoms with E-state index in [9.17, 15) is 9.59 Å². The smallest absolute Gasteiger partial charge is 0.272 e. The van der Waals surface area contributed by atoms with Crippen molar-refractivity contribution in [3.63, 3.8) is 0 Å². The largest absolute Gasteiger partial charge is 0.382 e. The number of hydrogen-bond acceptors (Lipinski definition) is 10. The molecule has 3 aromatic rings. The number of nitrogens with one attached hydrogen (secondary N) is 1. The number of amidine groups is 1. The number of carbonyl (C=O) groups excluding carboxylic acids is 2. The number of rotatable bonds is 7. The quantitative estimate of drug-likeness (QED) is 0.323. The summed E-state index contributed by atoms with van der Waals surface area (Å²) >= 11 is 5.94. The Morgan fingerprint density at radius 1 is 1.12 bits per heavy atom. The summed E-state index contributed by atoms with van der Waals surface area (Å²) in [4.78, 5) is 46.4. The van der Waals surface area contributed by atoms with Gasteiger partial charge in [-0.15, -0.1) is 5.10 Å². The molecule has 2 aliphatic heterocycles. The van der Waals surface area contributed by atoms with E-state index in [0.717, 1.165) is 19.3 Å². The van der Waals surface area contributed by atoms with Gasteiger partial charge in [0.15, 0.2) is 5.82 Å². The van der Waals surface area contributed by atoms with Crippen molar-refractivity contribution in [3.8, 4) is 0 Å². The van der Waals surface area contributed by atoms with Crippen LogP contribution < -0.4 is 11.1 Å². The van der Waals surface area contributed by atoms with Gasteiger partial charge in [-0.25, -0.2) is 15.0 Å². The Labute approximate surface area is 241 Å². The lowest BCUT2D eigenvalue weighted by atomic mass is 10.00. The van der Waals surface area contributed by atoms with Crippen molar-refractivity contribution in [1.29, 1.82) is 0 Å². The normalized spacial score (nSPS) is 18.0. The Hall–Kier alpha value is -4.97. The van der Waals surface area contributed by atoms with Crippen molar-refractivity contribution in [2.75, 3.05) is 18.4 Å². The lowest BCUT2D eigenvalue weighted by Gasteiger charge is -2.39. The maximum absolute atomic E-state index is 13.4. The molecule has 0 bridgehead atoms. The molecule has 1 saturated heterocycles. The molecule has 2 aromatic heterocycles. The molecule has 1 fully saturated rings. The van der Waals surface area contributed by atoms with Gasteiger partial charge in [0, 0.05) is 55.1 Å². The summed E-state index contributed by atoms with van der Waals surface area (Å²) in [6.07, 6.45) is 9.07. The van der Waals surface area contributed by atoms with Crippen molar-refractivity contribution in [2.24, 2.45) is 15.7 Å². The minimum atomic E-state index is -0.326. The zero-order chi connectivity index (χ0) is 28.8. The number of likely N-dealkylation sites (tertiary alicyclic amines) is 1. The van der Waals surface area contributed by atoms with Crippen LogP contribution in [0.15, 0.2) is 82.9 Å². The summed E-state index contributed by atoms with van der Waals surface area (Å²) in [7, 11) is 0. The third kappa shape index (κ3) is 6.28. The third-order valence-electron chi connectivity index (χ3n) is 6.75. The third-order valence-corrected chi connectivity index (χ3v) is 6.93. The molecular weight excluding hydrogens is 544 g/mol. The first-order valence-corrected chi connectivity index (χ1v) is 13.3. The standard InChI is InChI=1S/C28H27ClN10O2/c1-31-23(18-7-9-19(10-8-18)26(40)36-22-6-4-12-34-37-22)24-25(30)32-14-16-38(24)17-20-5-2-3-15-39(20)27(41)21-11-13-33-28(29)35-21/h4,6-14,16,20H,1-3,5,15,17H2,(H2,30,32)(H,36,37,40)/b24-23-/t20-/m0/s1. The lowest BCUT2D eigenvalue weighted by molar-refractivity contribution is 0.0580. The molecule has 2 aliphatic rings. The first-order valence-electron chi connectivity index (χ1n) is 12.9. The molecule has 208 valence electrons. The number of carbonyl (C=O) groups is 2. The lowest BCUT2D eigenvalue weighted by Crippen LogP contribution is -2.49. The number of halogens is 1. The summed E-state index contributed by atoms with van der Waals surface area (Å²) in [5, 5.41) is 10.4. The number of hydrogen-bond donors (Lipinski definition) is 2. The van der Waals surface area contributed by atoms with E-state index in [-0.39, 0.29) is 34.7 Å². The Kier molecular flexibility index (Phi) is 8.39. The second-order valence-electron chi connectivity index (χ2n) is 9.32. The molecule has 1 aromatic carbocycles. The van der Waals surface area contributed by atoms with Crippen LogP contribution in [0.5, 0.6) is 0 Å². The number of anilines is 1. The Morgan fingerprint density at radius 2 is 1.93 bits per heavy atom. The van der Waals surface area contributed by atoms with Gasteiger partial charge in [0.25, 0.3) is 11.8 Å². The van der Waals surface area contributed by atoms with Gasteiger partial charge in [-0.3, -0.25) is 14.6 Å². The first-order chi connectivity index (χ1) is 19.9. The van der Waals surface area contributed by atoms with Crippen LogP contribution in [0.25, 0.3) is 5.70 Å². The van der Waals surface area contributed by atoms with Crippen LogP contribution in [0.1, 0.15) is 45.7 Å². The highest BCUT2D eigenvalue weighted by Crippen LogP contribution is 2.28. The predicted octanol–water partition coefficient (Wildman–Crippen LogP) is 3.38. The van der Waals surface area contributed by atoms with E-state index in [1.54, 1.807) is 54.9 Å². The first kappa shape index (κ1) is 27.6. The Morgan fingerprint density at radius 3 is 2.66 bits per heavy atom. The molecule has 2 amide bonds. The van der Waals surface area contributed by atoms with Gasteiger partial charge in [-0.1, -0.05) is 12.1 Å². The molecule has 4 heterocycles. The number of nitrogens with two attached hydrogens (primary N) is 1. The summed E-state index contributed by atoms with van der Waals surface area (Å²) in [6, 6.07) is 11.7. The molecule has 0 spiro atoms. The van der Waals surface area contributed by atoms with Crippen LogP contribution in [0.4, 0.5) is 5.82 Å². The molecule has 5 rings (SSSR count). The number of nitrogens with zero attached hydrogens (tertiary/aromatic N) is 8. The molecule has 0 saturated carbocycles. The second kappa shape index (κ2) is 12.5. The van der Waals surface area contributed by atoms with Crippen LogP contribution in [-0.2, 0) is 0 Å². The van der Waals surface area contributed by atoms with Gasteiger partial charge in [-0.2, -0.15) is 5.10 Å². The van der Waals surface area contributed by atoms with Gasteiger partial charge in [0.1, 0.15) is 17.2 Å². The Balaban J connectivity index is 1.40. The average molecular weight is 571 g/mol. The van der Waals surface area contributed by atoms with Gasteiger partial charge < -0.3 is 20.9 Å². The van der Waals surface area contributed by atoms with Gasteiger partial charge >= 0.3 is 0 Å². The molecule has 3 N–H and O–H groups in total. The van der Waals surface area contributed by atoms with Crippen molar-refractivity contribution in [2.45, 2.75) is 25.3 Å². The fourth-order valence-corrected chi connectivity index (χ4v) is 4.96. The number of piperidine rings is 1. The zero-order valence-electron chi connectivity index (χ0n) is 22.0. The van der Waals surface area contributed by atoms with Crippen LogP contribution in [0.2, 0.25) is 5.28 Å². The maximum atomic E-state index is 13.4. The van der Waals surface area contributed by atoms with E-state index in [1.807, 2.05) is 9.80 Å². The molecular formula is C28H27ClN10O2. The number of aliphatic imine (C=N–C) groups is 2. The zero-order valence-corrected chi connectivity index (χ0v) is 22.8. The van der Waals surface area contributed by atoms with E-state index in [4.69, 9.17) is 17.3 Å². The predicted molar refractivity (Wildman–Crippen MR) is 156 cm³/mol. The number of benzene rings is 1. The Bertz CT molecular complexity index is 1540. The fourth-order valence-electron chi connectivity index (χ4n) is 4.81. The maximum Gasteiger partial charge on any atom is 0.272 e. The SMILES string of the molecule is C=N/C(=C1/C(N)=NC=CN1C[C@@H]1CCCCN1C(=O)c1ccnc(Cl)n1)c1ccc(C(=O)Nc2cccnn2)cc1. The molecule has 0 radical (unpaired) electrons. The van der Waals surface area contributed by atoms with E-state index in [2.05, 4.69) is 42.2 Å². The van der Waals surface area contributed by atoms with E-state index < -0.39 is 0 Å². The van der Waals surface area contributed by atoms with Crippen LogP contribution in [0, 0.1) is 0 Å². The number of amides is 2. The highest BCUT2D eigenvalue weighted by molar-refractivity contribution is 6.28. The van der Waals surface area contributed by atoms with Gasteiger partial charge in [0.2, 0.25) is 5.28 Å². The minimum absolute atomic E-state index is 0.0246. The number of aromatic nitrogens is 4. The van der Waals surface area contributed by atoms with Crippen LogP contribution >= 0.6 is 11.6 Å². The van der Waals surface area contributed by atoms with E-state index in [1.165, 1.54) is 12.4 Å². The molecule has 0 unspecified atom stereocenters. The van der Waals surface area contributed by atoms with Crippen molar-refractivity contribution in [1.82, 2.24) is 30.0 Å². The highest BCUT2D eigenvalue weighted by Gasteiger charge is 2.32. The summed E-state index contributed by atoms with van der Waals surface area (Å²) in [6.45, 7) is 4.82. The molecule has 1 atom stereocenters. The summed E-state index contributed by atoms with van der Waals surface area (Å²) < 4.78 is 0. The van der Waals surface area contributed by atoms with Crippen molar-refractivity contribution < 1.29 is 9.59 Å². The summed E-state index contributed by atoms with van der Waals surface area (Å²) in [5.41, 5.74) is 8.80. The van der Waals surface area contributed by atoms with Crippen molar-refractivity contribution >= 4 is 47.5 Å².